The summed E-state index contributed by atoms with van der Waals surface area (Å²) >= 11 is 6.33. The summed E-state index contributed by atoms with van der Waals surface area (Å²) in [4.78, 5) is 2.43. The van der Waals surface area contributed by atoms with Gasteiger partial charge in [-0.25, -0.2) is 0 Å². The predicted molar refractivity (Wildman–Crippen MR) is 178 cm³/mol. The number of nitrogens with two attached hydrogens (primary N) is 1. The normalized spacial score (nSPS) is 15.3. The highest BCUT2D eigenvalue weighted by Gasteiger charge is 2.31. The summed E-state index contributed by atoms with van der Waals surface area (Å²) in [5, 5.41) is 4.50. The fourth-order valence-corrected chi connectivity index (χ4v) is 5.52. The maximum absolute atomic E-state index is 12.5. The van der Waals surface area contributed by atoms with Crippen LogP contribution in [0, 0.1) is 12.8 Å². The van der Waals surface area contributed by atoms with Gasteiger partial charge in [0.1, 0.15) is 5.75 Å². The molecule has 4 nitrogen and oxygen atoms in total. The van der Waals surface area contributed by atoms with E-state index in [0.717, 1.165) is 83.5 Å². The van der Waals surface area contributed by atoms with Crippen LogP contribution in [0.25, 0.3) is 5.57 Å². The Morgan fingerprint density at radius 1 is 1.09 bits per heavy atom. The average Bonchev–Trinajstić information content (AvgIpc) is 3.00. The third-order valence-corrected chi connectivity index (χ3v) is 8.49. The van der Waals surface area contributed by atoms with Crippen molar-refractivity contribution in [2.45, 2.75) is 78.7 Å². The van der Waals surface area contributed by atoms with Gasteiger partial charge in [0.25, 0.3) is 0 Å². The van der Waals surface area contributed by atoms with Gasteiger partial charge in [-0.2, -0.15) is 0 Å². The van der Waals surface area contributed by atoms with Crippen LogP contribution in [0.1, 0.15) is 75.1 Å². The smallest absolute Gasteiger partial charge is 0.406 e. The Morgan fingerprint density at radius 3 is 2.36 bits per heavy atom. The molecule has 1 heterocycles. The molecule has 8 heteroatoms. The highest BCUT2D eigenvalue weighted by Crippen LogP contribution is 2.32. The molecule has 1 atom stereocenters. The van der Waals surface area contributed by atoms with E-state index in [-0.39, 0.29) is 5.75 Å². The molecule has 0 bridgehead atoms. The van der Waals surface area contributed by atoms with Gasteiger partial charge in [0.2, 0.25) is 0 Å². The van der Waals surface area contributed by atoms with E-state index in [1.165, 1.54) is 31.4 Å². The summed E-state index contributed by atoms with van der Waals surface area (Å²) in [5.74, 6) is 0.647. The van der Waals surface area contributed by atoms with E-state index in [4.69, 9.17) is 17.3 Å². The molecule has 3 aromatic rings. The molecule has 4 rings (SSSR count). The number of allylic oxidation sites excluding steroid dienone is 1. The number of nitrogens with zero attached hydrogens (tertiary/aromatic N) is 1. The summed E-state index contributed by atoms with van der Waals surface area (Å²) in [6.45, 7) is 12.2. The minimum absolute atomic E-state index is 0.227. The fourth-order valence-electron chi connectivity index (χ4n) is 5.32. The summed E-state index contributed by atoms with van der Waals surface area (Å²) in [7, 11) is 0. The van der Waals surface area contributed by atoms with Crippen LogP contribution in [0.4, 0.5) is 18.9 Å². The number of nitrogens with one attached hydrogen (secondary N) is 1. The van der Waals surface area contributed by atoms with E-state index in [9.17, 15) is 13.2 Å². The van der Waals surface area contributed by atoms with Crippen molar-refractivity contribution >= 4 is 22.9 Å². The SMILES string of the molecule is C/C=C(/c1ccc(OC(F)(F)F)cc1)c1cc(NC2CCN(Cc3ccccc3Cl)CC2)ccc1C.CCC(C)CCCN. The van der Waals surface area contributed by atoms with Crippen LogP contribution in [0.5, 0.6) is 5.75 Å². The van der Waals surface area contributed by atoms with Crippen LogP contribution >= 0.6 is 11.6 Å². The van der Waals surface area contributed by atoms with Crippen molar-refractivity contribution in [3.63, 3.8) is 0 Å². The summed E-state index contributed by atoms with van der Waals surface area (Å²) in [5.41, 5.74) is 11.5. The lowest BCUT2D eigenvalue weighted by Crippen LogP contribution is -2.38. The molecule has 240 valence electrons. The zero-order valence-electron chi connectivity index (χ0n) is 26.4. The van der Waals surface area contributed by atoms with Gasteiger partial charge in [-0.15, -0.1) is 13.2 Å². The molecule has 3 aromatic carbocycles. The van der Waals surface area contributed by atoms with E-state index >= 15 is 0 Å². The molecule has 0 radical (unpaired) electrons. The molecule has 0 aliphatic carbocycles. The molecule has 44 heavy (non-hydrogen) atoms. The maximum Gasteiger partial charge on any atom is 0.573 e. The van der Waals surface area contributed by atoms with E-state index in [0.29, 0.717) is 6.04 Å². The van der Waals surface area contributed by atoms with Crippen molar-refractivity contribution in [1.29, 1.82) is 0 Å². The van der Waals surface area contributed by atoms with Crippen LogP contribution in [-0.2, 0) is 6.54 Å². The van der Waals surface area contributed by atoms with Crippen LogP contribution in [0.15, 0.2) is 72.8 Å². The Bertz CT molecular complexity index is 1320. The second-order valence-corrected chi connectivity index (χ2v) is 11.9. The van der Waals surface area contributed by atoms with Gasteiger partial charge in [0.05, 0.1) is 0 Å². The number of likely N-dealkylation sites (tertiary alicyclic amines) is 1. The second-order valence-electron chi connectivity index (χ2n) is 11.5. The highest BCUT2D eigenvalue weighted by molar-refractivity contribution is 6.31. The predicted octanol–water partition coefficient (Wildman–Crippen LogP) is 9.85. The van der Waals surface area contributed by atoms with Gasteiger partial charge in [0, 0.05) is 36.4 Å². The molecular weight excluding hydrogens is 583 g/mol. The third kappa shape index (κ3) is 11.5. The second kappa shape index (κ2) is 17.5. The molecule has 1 aliphatic heterocycles. The van der Waals surface area contributed by atoms with E-state index < -0.39 is 6.36 Å². The minimum atomic E-state index is -4.70. The molecule has 0 saturated carbocycles. The first-order chi connectivity index (χ1) is 21.0. The van der Waals surface area contributed by atoms with Gasteiger partial charge in [0.15, 0.2) is 0 Å². The van der Waals surface area contributed by atoms with Crippen molar-refractivity contribution in [3.05, 3.63) is 100 Å². The number of rotatable bonds is 11. The maximum atomic E-state index is 12.5. The van der Waals surface area contributed by atoms with Crippen molar-refractivity contribution in [2.24, 2.45) is 11.7 Å². The number of anilines is 1. The first kappa shape index (κ1) is 35.5. The number of hydrogen-bond acceptors (Lipinski definition) is 4. The van der Waals surface area contributed by atoms with Gasteiger partial charge in [-0.1, -0.05) is 74.3 Å². The summed E-state index contributed by atoms with van der Waals surface area (Å²) in [6, 6.07) is 20.7. The van der Waals surface area contributed by atoms with Crippen molar-refractivity contribution in [3.8, 4) is 5.75 Å². The van der Waals surface area contributed by atoms with E-state index in [1.807, 2.05) is 38.1 Å². The quantitative estimate of drug-likeness (QED) is 0.222. The lowest BCUT2D eigenvalue weighted by Gasteiger charge is -2.33. The Balaban J connectivity index is 0.000000583. The fraction of sp³-hybridized carbons (Fsp3) is 0.444. The summed E-state index contributed by atoms with van der Waals surface area (Å²) in [6.07, 6.45) is 3.13. The summed E-state index contributed by atoms with van der Waals surface area (Å²) < 4.78 is 41.5. The Kier molecular flexibility index (Phi) is 14.1. The first-order valence-corrected chi connectivity index (χ1v) is 16.0. The van der Waals surface area contributed by atoms with Crippen molar-refractivity contribution < 1.29 is 17.9 Å². The van der Waals surface area contributed by atoms with Crippen molar-refractivity contribution in [1.82, 2.24) is 4.90 Å². The zero-order valence-corrected chi connectivity index (χ0v) is 27.1. The van der Waals surface area contributed by atoms with Gasteiger partial charge in [-0.3, -0.25) is 4.90 Å². The third-order valence-electron chi connectivity index (χ3n) is 8.12. The van der Waals surface area contributed by atoms with Crippen LogP contribution < -0.4 is 15.8 Å². The van der Waals surface area contributed by atoms with E-state index in [1.54, 1.807) is 12.1 Å². The number of halogens is 4. The number of piperidine rings is 1. The average molecular weight is 630 g/mol. The first-order valence-electron chi connectivity index (χ1n) is 15.6. The van der Waals surface area contributed by atoms with Crippen LogP contribution in [0.3, 0.4) is 0 Å². The van der Waals surface area contributed by atoms with E-state index in [2.05, 4.69) is 53.1 Å². The molecular formula is C36H47ClF3N3O. The van der Waals surface area contributed by atoms with Crippen LogP contribution in [0.2, 0.25) is 5.02 Å². The molecule has 1 fully saturated rings. The lowest BCUT2D eigenvalue weighted by molar-refractivity contribution is -0.274. The Labute approximate surface area is 266 Å². The molecule has 1 saturated heterocycles. The molecule has 0 spiro atoms. The molecule has 1 aliphatic rings. The molecule has 0 amide bonds. The molecule has 0 aromatic heterocycles. The lowest BCUT2D eigenvalue weighted by atomic mass is 9.93. The van der Waals surface area contributed by atoms with Gasteiger partial charge >= 0.3 is 6.36 Å². The molecule has 1 unspecified atom stereocenters. The molecule has 3 N–H and O–H groups in total. The van der Waals surface area contributed by atoms with Crippen LogP contribution in [-0.4, -0.2) is 36.9 Å². The number of benzene rings is 3. The number of aryl methyl sites for hydroxylation is 1. The van der Waals surface area contributed by atoms with Crippen molar-refractivity contribution in [2.75, 3.05) is 25.0 Å². The largest absolute Gasteiger partial charge is 0.573 e. The topological polar surface area (TPSA) is 50.5 Å². The Hall–Kier alpha value is -3.00. The number of alkyl halides is 3. The number of hydrogen-bond donors (Lipinski definition) is 2. The monoisotopic (exact) mass is 629 g/mol. The zero-order chi connectivity index (χ0) is 32.1. The Morgan fingerprint density at radius 2 is 1.77 bits per heavy atom. The standard InChI is InChI=1S/C29H30ClF3N2O.C7H17N/c1-3-26(21-9-12-25(13-10-21)36-29(31,32)33)27-18-24(11-8-20(27)2)34-23-14-16-35(17-15-23)19-22-6-4-5-7-28(22)30;1-3-7(2)5-4-6-8/h3-13,18,23,34H,14-17,19H2,1-2H3;7H,3-6,8H2,1-2H3/b26-3-;. The van der Waals surface area contributed by atoms with Gasteiger partial charge in [-0.05, 0) is 110 Å². The minimum Gasteiger partial charge on any atom is -0.406 e. The highest BCUT2D eigenvalue weighted by atomic mass is 35.5. The number of ether oxygens (including phenoxy) is 1. The van der Waals surface area contributed by atoms with Gasteiger partial charge < -0.3 is 15.8 Å².